The molecular weight excluding hydrogens is 177 g/mol. The first-order valence-corrected chi connectivity index (χ1v) is 4.51. The Hall–Kier alpha value is -1.44. The summed E-state index contributed by atoms with van der Waals surface area (Å²) >= 11 is 0. The van der Waals surface area contributed by atoms with E-state index in [4.69, 9.17) is 0 Å². The van der Waals surface area contributed by atoms with Crippen LogP contribution >= 0.6 is 0 Å². The molecule has 0 N–H and O–H groups in total. The molecule has 0 unspecified atom stereocenters. The fourth-order valence-corrected chi connectivity index (χ4v) is 1.17. The summed E-state index contributed by atoms with van der Waals surface area (Å²) < 4.78 is 12.6. The molecule has 0 aliphatic carbocycles. The molecule has 0 aromatic heterocycles. The van der Waals surface area contributed by atoms with Gasteiger partial charge in [-0.3, -0.25) is 4.99 Å². The number of benzene rings is 1. The molecule has 0 spiro atoms. The van der Waals surface area contributed by atoms with E-state index in [1.807, 2.05) is 19.9 Å². The first-order chi connectivity index (χ1) is 6.63. The van der Waals surface area contributed by atoms with Gasteiger partial charge in [-0.25, -0.2) is 4.39 Å². The Morgan fingerprint density at radius 1 is 1.21 bits per heavy atom. The molecule has 0 heterocycles. The van der Waals surface area contributed by atoms with Gasteiger partial charge in [0, 0.05) is 12.8 Å². The van der Waals surface area contributed by atoms with Gasteiger partial charge < -0.3 is 0 Å². The first kappa shape index (κ1) is 10.6. The summed E-state index contributed by atoms with van der Waals surface area (Å²) in [7, 11) is 1.75. The molecule has 1 rings (SSSR count). The highest BCUT2D eigenvalue weighted by molar-refractivity contribution is 5.98. The van der Waals surface area contributed by atoms with Crippen molar-refractivity contribution in [3.63, 3.8) is 0 Å². The summed E-state index contributed by atoms with van der Waals surface area (Å²) in [4.78, 5) is 4.04. The second kappa shape index (κ2) is 4.70. The standard InChI is InChI=1S/C12H14FN/c1-9(8-10(2)14-3)11-4-6-12(13)7-5-11/h4-8H,1-3H3/b9-8+,14-10?. The van der Waals surface area contributed by atoms with Crippen molar-refractivity contribution in [1.29, 1.82) is 0 Å². The summed E-state index contributed by atoms with van der Waals surface area (Å²) in [6.45, 7) is 3.93. The molecule has 1 nitrogen and oxygen atoms in total. The van der Waals surface area contributed by atoms with Crippen molar-refractivity contribution in [1.82, 2.24) is 0 Å². The minimum absolute atomic E-state index is 0.206. The maximum atomic E-state index is 12.6. The Bertz CT molecular complexity index is 360. The van der Waals surface area contributed by atoms with Crippen LogP contribution in [0, 0.1) is 5.82 Å². The van der Waals surface area contributed by atoms with Gasteiger partial charge in [0.15, 0.2) is 0 Å². The summed E-state index contributed by atoms with van der Waals surface area (Å²) in [6.07, 6.45) is 1.98. The number of hydrogen-bond donors (Lipinski definition) is 0. The van der Waals surface area contributed by atoms with Gasteiger partial charge in [0.2, 0.25) is 0 Å². The summed E-state index contributed by atoms with van der Waals surface area (Å²) in [6, 6.07) is 6.46. The summed E-state index contributed by atoms with van der Waals surface area (Å²) in [5.41, 5.74) is 3.08. The second-order valence-electron chi connectivity index (χ2n) is 3.20. The average Bonchev–Trinajstić information content (AvgIpc) is 2.18. The van der Waals surface area contributed by atoms with Crippen LogP contribution in [0.2, 0.25) is 0 Å². The monoisotopic (exact) mass is 191 g/mol. The lowest BCUT2D eigenvalue weighted by Gasteiger charge is -2.00. The van der Waals surface area contributed by atoms with Crippen LogP contribution in [0.5, 0.6) is 0 Å². The highest BCUT2D eigenvalue weighted by atomic mass is 19.1. The van der Waals surface area contributed by atoms with E-state index in [9.17, 15) is 4.39 Å². The van der Waals surface area contributed by atoms with Crippen LogP contribution in [0.1, 0.15) is 19.4 Å². The molecule has 74 valence electrons. The van der Waals surface area contributed by atoms with E-state index >= 15 is 0 Å². The molecule has 1 aromatic carbocycles. The Balaban J connectivity index is 2.95. The first-order valence-electron chi connectivity index (χ1n) is 4.51. The van der Waals surface area contributed by atoms with Gasteiger partial charge in [-0.15, -0.1) is 0 Å². The van der Waals surface area contributed by atoms with Crippen LogP contribution in [0.3, 0.4) is 0 Å². The Labute approximate surface area is 84.0 Å². The van der Waals surface area contributed by atoms with Gasteiger partial charge in [0.1, 0.15) is 5.82 Å². The van der Waals surface area contributed by atoms with Crippen LogP contribution < -0.4 is 0 Å². The van der Waals surface area contributed by atoms with Crippen LogP contribution in [-0.4, -0.2) is 12.8 Å². The van der Waals surface area contributed by atoms with Gasteiger partial charge in [-0.1, -0.05) is 12.1 Å². The number of aliphatic imine (C=N–C) groups is 1. The normalized spacial score (nSPS) is 13.1. The molecule has 0 aliphatic rings. The van der Waals surface area contributed by atoms with Crippen molar-refractivity contribution >= 4 is 11.3 Å². The van der Waals surface area contributed by atoms with Crippen molar-refractivity contribution in [3.8, 4) is 0 Å². The van der Waals surface area contributed by atoms with Gasteiger partial charge in [-0.2, -0.15) is 0 Å². The maximum absolute atomic E-state index is 12.6. The molecular formula is C12H14FN. The quantitative estimate of drug-likeness (QED) is 0.636. The third kappa shape index (κ3) is 2.80. The third-order valence-electron chi connectivity index (χ3n) is 2.08. The fourth-order valence-electron chi connectivity index (χ4n) is 1.17. The van der Waals surface area contributed by atoms with E-state index in [1.54, 1.807) is 19.2 Å². The number of rotatable bonds is 2. The summed E-state index contributed by atoms with van der Waals surface area (Å²) in [5.74, 6) is -0.206. The lowest BCUT2D eigenvalue weighted by Crippen LogP contribution is -1.87. The van der Waals surface area contributed by atoms with E-state index in [0.29, 0.717) is 0 Å². The number of halogens is 1. The van der Waals surface area contributed by atoms with Crippen molar-refractivity contribution in [2.45, 2.75) is 13.8 Å². The maximum Gasteiger partial charge on any atom is 0.123 e. The Morgan fingerprint density at radius 3 is 2.29 bits per heavy atom. The summed E-state index contributed by atoms with van der Waals surface area (Å²) in [5, 5.41) is 0. The smallest absolute Gasteiger partial charge is 0.123 e. The largest absolute Gasteiger partial charge is 0.293 e. The van der Waals surface area contributed by atoms with Gasteiger partial charge in [0.25, 0.3) is 0 Å². The minimum atomic E-state index is -0.206. The lowest BCUT2D eigenvalue weighted by atomic mass is 10.1. The number of hydrogen-bond acceptors (Lipinski definition) is 1. The zero-order chi connectivity index (χ0) is 10.6. The zero-order valence-electron chi connectivity index (χ0n) is 8.71. The highest BCUT2D eigenvalue weighted by Gasteiger charge is 1.96. The molecule has 0 radical (unpaired) electrons. The van der Waals surface area contributed by atoms with Crippen LogP contribution in [-0.2, 0) is 0 Å². The SMILES string of the molecule is CN=C(C)/C=C(\C)c1ccc(F)cc1. The molecule has 0 fully saturated rings. The predicted octanol–water partition coefficient (Wildman–Crippen LogP) is 3.32. The number of allylic oxidation sites excluding steroid dienone is 2. The van der Waals surface area contributed by atoms with Crippen molar-refractivity contribution in [3.05, 3.63) is 41.7 Å². The zero-order valence-corrected chi connectivity index (χ0v) is 8.71. The molecule has 0 amide bonds. The predicted molar refractivity (Wildman–Crippen MR) is 59.1 cm³/mol. The van der Waals surface area contributed by atoms with Crippen molar-refractivity contribution < 1.29 is 4.39 Å². The Kier molecular flexibility index (Phi) is 3.57. The molecule has 14 heavy (non-hydrogen) atoms. The van der Waals surface area contributed by atoms with Crippen LogP contribution in [0.4, 0.5) is 4.39 Å². The van der Waals surface area contributed by atoms with Gasteiger partial charge in [-0.05, 0) is 43.2 Å². The average molecular weight is 191 g/mol. The van der Waals surface area contributed by atoms with Crippen LogP contribution in [0.25, 0.3) is 5.57 Å². The number of nitrogens with zero attached hydrogens (tertiary/aromatic N) is 1. The third-order valence-corrected chi connectivity index (χ3v) is 2.08. The molecule has 0 saturated carbocycles. The Morgan fingerprint density at radius 2 is 1.79 bits per heavy atom. The van der Waals surface area contributed by atoms with E-state index in [2.05, 4.69) is 4.99 Å². The van der Waals surface area contributed by atoms with Crippen molar-refractivity contribution in [2.24, 2.45) is 4.99 Å². The highest BCUT2D eigenvalue weighted by Crippen LogP contribution is 2.13. The van der Waals surface area contributed by atoms with Gasteiger partial charge in [0.05, 0.1) is 0 Å². The molecule has 1 aromatic rings. The van der Waals surface area contributed by atoms with Crippen molar-refractivity contribution in [2.75, 3.05) is 7.05 Å². The molecule has 0 atom stereocenters. The van der Waals surface area contributed by atoms with Crippen LogP contribution in [0.15, 0.2) is 35.3 Å². The molecule has 2 heteroatoms. The lowest BCUT2D eigenvalue weighted by molar-refractivity contribution is 0.627. The molecule has 0 aliphatic heterocycles. The van der Waals surface area contributed by atoms with E-state index < -0.39 is 0 Å². The van der Waals surface area contributed by atoms with Gasteiger partial charge >= 0.3 is 0 Å². The molecule has 0 saturated heterocycles. The second-order valence-corrected chi connectivity index (χ2v) is 3.20. The fraction of sp³-hybridized carbons (Fsp3) is 0.250. The molecule has 0 bridgehead atoms. The van der Waals surface area contributed by atoms with E-state index in [0.717, 1.165) is 16.8 Å². The van der Waals surface area contributed by atoms with E-state index in [1.165, 1.54) is 12.1 Å². The topological polar surface area (TPSA) is 12.4 Å². The minimum Gasteiger partial charge on any atom is -0.293 e. The van der Waals surface area contributed by atoms with E-state index in [-0.39, 0.29) is 5.82 Å².